The van der Waals surface area contributed by atoms with E-state index in [1.54, 1.807) is 6.08 Å². The van der Waals surface area contributed by atoms with Gasteiger partial charge in [-0.2, -0.15) is 0 Å². The molecule has 0 saturated carbocycles. The minimum atomic E-state index is 0.149. The molecule has 108 valence electrons. The van der Waals surface area contributed by atoms with Crippen LogP contribution in [-0.4, -0.2) is 6.29 Å². The Morgan fingerprint density at radius 3 is 2.33 bits per heavy atom. The Bertz CT molecular complexity index is 669. The molecule has 2 aliphatic rings. The third-order valence-electron chi connectivity index (χ3n) is 3.66. The summed E-state index contributed by atoms with van der Waals surface area (Å²) in [7, 11) is 0. The van der Waals surface area contributed by atoms with Gasteiger partial charge in [0.2, 0.25) is 0 Å². The fourth-order valence-corrected chi connectivity index (χ4v) is 2.30. The minimum absolute atomic E-state index is 0.149. The Morgan fingerprint density at radius 2 is 1.67 bits per heavy atom. The Labute approximate surface area is 127 Å². The summed E-state index contributed by atoms with van der Waals surface area (Å²) in [5.74, 6) is 0. The zero-order valence-electron chi connectivity index (χ0n) is 13.2. The highest BCUT2D eigenvalue weighted by molar-refractivity contribution is 5.79. The van der Waals surface area contributed by atoms with Crippen molar-refractivity contribution in [1.29, 1.82) is 0 Å². The maximum atomic E-state index is 10.5. The van der Waals surface area contributed by atoms with Crippen molar-refractivity contribution < 1.29 is 4.79 Å². The van der Waals surface area contributed by atoms with Gasteiger partial charge in [-0.25, -0.2) is 0 Å². The molecule has 2 aliphatic carbocycles. The number of carbonyl (C=O) groups is 1. The van der Waals surface area contributed by atoms with Crippen LogP contribution in [0.4, 0.5) is 0 Å². The molecule has 0 atom stereocenters. The van der Waals surface area contributed by atoms with E-state index in [4.69, 9.17) is 0 Å². The fraction of sp³-hybridized carbons (Fsp3) is 0.250. The molecule has 1 heteroatoms. The largest absolute Gasteiger partial charge is 0.299 e. The van der Waals surface area contributed by atoms with Crippen LogP contribution in [-0.2, 0) is 10.2 Å². The molecule has 0 radical (unpaired) electrons. The molecular formula is C20H22O. The van der Waals surface area contributed by atoms with E-state index in [1.807, 2.05) is 13.0 Å². The van der Waals surface area contributed by atoms with Crippen LogP contribution < -0.4 is 0 Å². The lowest BCUT2D eigenvalue weighted by Gasteiger charge is -2.17. The van der Waals surface area contributed by atoms with Gasteiger partial charge in [0, 0.05) is 0 Å². The molecule has 0 fully saturated rings. The highest BCUT2D eigenvalue weighted by Gasteiger charge is 2.14. The summed E-state index contributed by atoms with van der Waals surface area (Å²) in [5.41, 5.74) is 6.08. The topological polar surface area (TPSA) is 17.1 Å². The number of hydrogen-bond donors (Lipinski definition) is 0. The third-order valence-corrected chi connectivity index (χ3v) is 3.66. The van der Waals surface area contributed by atoms with Crippen LogP contribution in [0.5, 0.6) is 0 Å². The molecule has 0 aliphatic heterocycles. The van der Waals surface area contributed by atoms with E-state index in [9.17, 15) is 4.79 Å². The molecule has 2 rings (SSSR count). The Balaban J connectivity index is 2.41. The average Bonchev–Trinajstić information content (AvgIpc) is 2.65. The molecule has 21 heavy (non-hydrogen) atoms. The number of rotatable bonds is 3. The van der Waals surface area contributed by atoms with Gasteiger partial charge in [0.1, 0.15) is 6.29 Å². The smallest absolute Gasteiger partial charge is 0.143 e. The lowest BCUT2D eigenvalue weighted by molar-refractivity contribution is -0.104. The Morgan fingerprint density at radius 1 is 1.00 bits per heavy atom. The molecule has 0 aromatic carbocycles. The summed E-state index contributed by atoms with van der Waals surface area (Å²) in [6, 6.07) is 13.0. The van der Waals surface area contributed by atoms with Crippen molar-refractivity contribution >= 4 is 12.4 Å². The standard InChI is InChI=1S/C20H22O/c1-15(13-14-21)5-6-16-7-8-17-9-10-18(20(2,3)4)11-12-19(16)17/h5-14H,1-4H3/b6-5+,15-13+. The van der Waals surface area contributed by atoms with E-state index in [0.717, 1.165) is 11.9 Å². The Hall–Kier alpha value is -2.15. The molecule has 0 aromatic rings. The van der Waals surface area contributed by atoms with Crippen molar-refractivity contribution in [3.8, 4) is 11.1 Å². The van der Waals surface area contributed by atoms with E-state index in [2.05, 4.69) is 63.2 Å². The van der Waals surface area contributed by atoms with E-state index in [-0.39, 0.29) is 5.41 Å². The van der Waals surface area contributed by atoms with E-state index >= 15 is 0 Å². The summed E-state index contributed by atoms with van der Waals surface area (Å²) in [4.78, 5) is 10.5. The zero-order valence-corrected chi connectivity index (χ0v) is 13.2. The highest BCUT2D eigenvalue weighted by Crippen LogP contribution is 2.31. The van der Waals surface area contributed by atoms with Crippen molar-refractivity contribution in [3.63, 3.8) is 0 Å². The fourth-order valence-electron chi connectivity index (χ4n) is 2.30. The number of fused-ring (bicyclic) bond motifs is 1. The van der Waals surface area contributed by atoms with Gasteiger partial charge in [-0.3, -0.25) is 4.79 Å². The van der Waals surface area contributed by atoms with Crippen molar-refractivity contribution in [2.75, 3.05) is 0 Å². The predicted molar refractivity (Wildman–Crippen MR) is 90.6 cm³/mol. The van der Waals surface area contributed by atoms with Crippen molar-refractivity contribution in [3.05, 3.63) is 65.3 Å². The van der Waals surface area contributed by atoms with E-state index < -0.39 is 0 Å². The molecule has 0 amide bonds. The summed E-state index contributed by atoms with van der Waals surface area (Å²) in [5, 5.41) is 0. The van der Waals surface area contributed by atoms with Crippen LogP contribution in [0.25, 0.3) is 17.2 Å². The minimum Gasteiger partial charge on any atom is -0.299 e. The van der Waals surface area contributed by atoms with E-state index in [0.29, 0.717) is 0 Å². The number of aldehydes is 1. The number of allylic oxidation sites excluding steroid dienone is 3. The summed E-state index contributed by atoms with van der Waals surface area (Å²) < 4.78 is 0. The average molecular weight is 278 g/mol. The second-order valence-corrected chi connectivity index (χ2v) is 6.41. The first-order valence-electron chi connectivity index (χ1n) is 7.25. The van der Waals surface area contributed by atoms with Crippen LogP contribution in [0.2, 0.25) is 0 Å². The molecule has 0 spiro atoms. The molecular weight excluding hydrogens is 256 g/mol. The maximum absolute atomic E-state index is 10.5. The lowest BCUT2D eigenvalue weighted by Crippen LogP contribution is -2.09. The molecule has 0 heterocycles. The quantitative estimate of drug-likeness (QED) is 0.426. The SMILES string of the molecule is CC(/C=C/c1ccc2ccc(C(C)(C)C)ccc1-2)=C\C=O. The molecule has 0 N–H and O–H groups in total. The summed E-state index contributed by atoms with van der Waals surface area (Å²) in [6.45, 7) is 8.60. The van der Waals surface area contributed by atoms with Crippen LogP contribution in [0.15, 0.2) is 54.1 Å². The van der Waals surface area contributed by atoms with Gasteiger partial charge in [0.05, 0.1) is 0 Å². The second kappa shape index (κ2) is 6.09. The molecule has 1 nitrogen and oxygen atoms in total. The van der Waals surface area contributed by atoms with Crippen molar-refractivity contribution in [2.24, 2.45) is 0 Å². The highest BCUT2D eigenvalue weighted by atomic mass is 16.1. The van der Waals surface area contributed by atoms with Crippen molar-refractivity contribution in [2.45, 2.75) is 33.1 Å². The Kier molecular flexibility index (Phi) is 4.42. The molecule has 0 aromatic heterocycles. The van der Waals surface area contributed by atoms with Gasteiger partial charge in [0.25, 0.3) is 0 Å². The van der Waals surface area contributed by atoms with Crippen LogP contribution in [0, 0.1) is 0 Å². The summed E-state index contributed by atoms with van der Waals surface area (Å²) in [6.07, 6.45) is 6.42. The van der Waals surface area contributed by atoms with Gasteiger partial charge in [-0.1, -0.05) is 69.3 Å². The number of hydrogen-bond acceptors (Lipinski definition) is 1. The molecule has 0 bridgehead atoms. The predicted octanol–water partition coefficient (Wildman–Crippen LogP) is 5.25. The van der Waals surface area contributed by atoms with Crippen molar-refractivity contribution in [1.82, 2.24) is 0 Å². The van der Waals surface area contributed by atoms with E-state index in [1.165, 1.54) is 22.3 Å². The van der Waals surface area contributed by atoms with Crippen LogP contribution in [0.1, 0.15) is 38.8 Å². The summed E-state index contributed by atoms with van der Waals surface area (Å²) >= 11 is 0. The van der Waals surface area contributed by atoms with Gasteiger partial charge < -0.3 is 0 Å². The van der Waals surface area contributed by atoms with Gasteiger partial charge in [0.15, 0.2) is 0 Å². The van der Waals surface area contributed by atoms with Crippen LogP contribution in [0.3, 0.4) is 0 Å². The van der Waals surface area contributed by atoms with Gasteiger partial charge >= 0.3 is 0 Å². The normalized spacial score (nSPS) is 13.0. The number of carbonyl (C=O) groups excluding carboxylic acids is 1. The first kappa shape index (κ1) is 15.2. The van der Waals surface area contributed by atoms with Gasteiger partial charge in [-0.05, 0) is 46.2 Å². The van der Waals surface area contributed by atoms with Gasteiger partial charge in [-0.15, -0.1) is 0 Å². The first-order valence-corrected chi connectivity index (χ1v) is 7.25. The lowest BCUT2D eigenvalue weighted by atomic mass is 9.88. The van der Waals surface area contributed by atoms with Crippen LogP contribution >= 0.6 is 0 Å². The molecule has 0 unspecified atom stereocenters. The third kappa shape index (κ3) is 3.69. The first-order chi connectivity index (χ1) is 9.91. The zero-order chi connectivity index (χ0) is 15.5. The maximum Gasteiger partial charge on any atom is 0.143 e. The molecule has 0 saturated heterocycles. The monoisotopic (exact) mass is 278 g/mol. The second-order valence-electron chi connectivity index (χ2n) is 6.41.